The highest BCUT2D eigenvalue weighted by Crippen LogP contribution is 2.33. The largest absolute Gasteiger partial charge is 0.416 e. The molecule has 21 heavy (non-hydrogen) atoms. The molecule has 1 heterocycles. The zero-order chi connectivity index (χ0) is 15.2. The lowest BCUT2D eigenvalue weighted by molar-refractivity contribution is -0.137. The van der Waals surface area contributed by atoms with Crippen LogP contribution in [-0.2, 0) is 6.18 Å². The second-order valence-electron chi connectivity index (χ2n) is 4.46. The maximum absolute atomic E-state index is 12.7. The van der Waals surface area contributed by atoms with Crippen LogP contribution in [0, 0.1) is 3.57 Å². The fourth-order valence-corrected chi connectivity index (χ4v) is 2.79. The van der Waals surface area contributed by atoms with Crippen LogP contribution in [0.2, 0.25) is 0 Å². The van der Waals surface area contributed by atoms with Gasteiger partial charge in [-0.3, -0.25) is 4.57 Å². The van der Waals surface area contributed by atoms with Crippen LogP contribution in [0.4, 0.5) is 19.1 Å². The molecular formula is C14H9F3IN3. The van der Waals surface area contributed by atoms with Crippen molar-refractivity contribution in [3.8, 4) is 5.69 Å². The number of alkyl halides is 3. The van der Waals surface area contributed by atoms with E-state index in [0.717, 1.165) is 21.4 Å². The van der Waals surface area contributed by atoms with Crippen molar-refractivity contribution < 1.29 is 13.2 Å². The number of nitrogens with zero attached hydrogens (tertiary/aromatic N) is 2. The standard InChI is InChI=1S/C14H9F3IN3/c15-14(16,17)8-5-6-12-10(7-8)20-13(19)21(12)11-4-2-1-3-9(11)18/h1-7H,(H2,19,20). The highest BCUT2D eigenvalue weighted by atomic mass is 127. The first-order chi connectivity index (χ1) is 9.88. The molecule has 0 spiro atoms. The second-order valence-corrected chi connectivity index (χ2v) is 5.62. The SMILES string of the molecule is Nc1nc2cc(C(F)(F)F)ccc2n1-c1ccccc1I. The quantitative estimate of drug-likeness (QED) is 0.619. The molecule has 0 radical (unpaired) electrons. The van der Waals surface area contributed by atoms with Crippen LogP contribution in [0.3, 0.4) is 0 Å². The van der Waals surface area contributed by atoms with E-state index in [2.05, 4.69) is 27.6 Å². The van der Waals surface area contributed by atoms with E-state index in [0.29, 0.717) is 5.52 Å². The predicted molar refractivity (Wildman–Crippen MR) is 83.2 cm³/mol. The predicted octanol–water partition coefficient (Wildman–Crippen LogP) is 4.23. The van der Waals surface area contributed by atoms with Gasteiger partial charge in [-0.15, -0.1) is 0 Å². The minimum atomic E-state index is -4.39. The van der Waals surface area contributed by atoms with Gasteiger partial charge in [0.05, 0.1) is 22.3 Å². The number of para-hydroxylation sites is 1. The molecule has 0 aliphatic heterocycles. The molecule has 0 amide bonds. The Morgan fingerprint density at radius 2 is 1.81 bits per heavy atom. The van der Waals surface area contributed by atoms with E-state index < -0.39 is 11.7 Å². The normalized spacial score (nSPS) is 12.0. The van der Waals surface area contributed by atoms with Gasteiger partial charge in [-0.2, -0.15) is 13.2 Å². The third-order valence-electron chi connectivity index (χ3n) is 3.10. The average molecular weight is 403 g/mol. The van der Waals surface area contributed by atoms with Gasteiger partial charge in [0.2, 0.25) is 5.95 Å². The molecule has 0 atom stereocenters. The lowest BCUT2D eigenvalue weighted by Crippen LogP contribution is -2.04. The van der Waals surface area contributed by atoms with E-state index in [1.165, 1.54) is 6.07 Å². The van der Waals surface area contributed by atoms with E-state index in [-0.39, 0.29) is 11.5 Å². The van der Waals surface area contributed by atoms with E-state index in [4.69, 9.17) is 5.73 Å². The Balaban J connectivity index is 2.26. The van der Waals surface area contributed by atoms with Gasteiger partial charge in [0.15, 0.2) is 0 Å². The molecule has 0 aliphatic rings. The maximum Gasteiger partial charge on any atom is 0.416 e. The van der Waals surface area contributed by atoms with Gasteiger partial charge in [0, 0.05) is 3.57 Å². The summed E-state index contributed by atoms with van der Waals surface area (Å²) in [5.74, 6) is 0.161. The molecule has 0 bridgehead atoms. The van der Waals surface area contributed by atoms with Crippen molar-refractivity contribution in [2.45, 2.75) is 6.18 Å². The third-order valence-corrected chi connectivity index (χ3v) is 4.01. The summed E-state index contributed by atoms with van der Waals surface area (Å²) in [6, 6.07) is 10.9. The van der Waals surface area contributed by atoms with Crippen LogP contribution in [-0.4, -0.2) is 9.55 Å². The molecule has 0 saturated carbocycles. The van der Waals surface area contributed by atoms with Gasteiger partial charge < -0.3 is 5.73 Å². The summed E-state index contributed by atoms with van der Waals surface area (Å²) in [6.45, 7) is 0. The summed E-state index contributed by atoms with van der Waals surface area (Å²) in [6.07, 6.45) is -4.39. The molecule has 2 aromatic carbocycles. The number of aromatic nitrogens is 2. The van der Waals surface area contributed by atoms with Crippen LogP contribution in [0.1, 0.15) is 5.56 Å². The molecule has 108 valence electrons. The van der Waals surface area contributed by atoms with Crippen molar-refractivity contribution in [1.82, 2.24) is 9.55 Å². The molecule has 0 aliphatic carbocycles. The van der Waals surface area contributed by atoms with E-state index in [1.54, 1.807) is 4.57 Å². The molecule has 3 nitrogen and oxygen atoms in total. The second kappa shape index (κ2) is 4.90. The van der Waals surface area contributed by atoms with Crippen LogP contribution in [0.25, 0.3) is 16.7 Å². The van der Waals surface area contributed by atoms with Crippen molar-refractivity contribution in [2.24, 2.45) is 0 Å². The molecule has 0 unspecified atom stereocenters. The number of hydrogen-bond acceptors (Lipinski definition) is 2. The van der Waals surface area contributed by atoms with E-state index >= 15 is 0 Å². The van der Waals surface area contributed by atoms with Gasteiger partial charge >= 0.3 is 6.18 Å². The summed E-state index contributed by atoms with van der Waals surface area (Å²) >= 11 is 2.15. The number of imidazole rings is 1. The van der Waals surface area contributed by atoms with Crippen LogP contribution in [0.15, 0.2) is 42.5 Å². The van der Waals surface area contributed by atoms with Crippen LogP contribution < -0.4 is 5.73 Å². The number of halogens is 4. The molecule has 0 fully saturated rings. The van der Waals surface area contributed by atoms with Crippen molar-refractivity contribution >= 4 is 39.6 Å². The fourth-order valence-electron chi connectivity index (χ4n) is 2.16. The lowest BCUT2D eigenvalue weighted by atomic mass is 10.2. The first kappa shape index (κ1) is 14.2. The van der Waals surface area contributed by atoms with Crippen molar-refractivity contribution in [3.05, 3.63) is 51.6 Å². The number of anilines is 1. The zero-order valence-electron chi connectivity index (χ0n) is 10.5. The number of hydrogen-bond donors (Lipinski definition) is 1. The molecule has 1 aromatic heterocycles. The molecule has 3 aromatic rings. The first-order valence-corrected chi connectivity index (χ1v) is 7.06. The topological polar surface area (TPSA) is 43.8 Å². The summed E-state index contributed by atoms with van der Waals surface area (Å²) in [5.41, 5.74) is 6.71. The number of nitrogen functional groups attached to an aromatic ring is 1. The van der Waals surface area contributed by atoms with Gasteiger partial charge in [-0.25, -0.2) is 4.98 Å². The average Bonchev–Trinajstić information content (AvgIpc) is 2.73. The maximum atomic E-state index is 12.7. The smallest absolute Gasteiger partial charge is 0.369 e. The summed E-state index contributed by atoms with van der Waals surface area (Å²) < 4.78 is 40.8. The van der Waals surface area contributed by atoms with Gasteiger partial charge in [0.1, 0.15) is 0 Å². The summed E-state index contributed by atoms with van der Waals surface area (Å²) in [4.78, 5) is 4.04. The zero-order valence-corrected chi connectivity index (χ0v) is 12.7. The molecule has 2 N–H and O–H groups in total. The Bertz CT molecular complexity index is 824. The monoisotopic (exact) mass is 403 g/mol. The third kappa shape index (κ3) is 2.45. The molecule has 7 heteroatoms. The van der Waals surface area contributed by atoms with Crippen molar-refractivity contribution in [3.63, 3.8) is 0 Å². The minimum absolute atomic E-state index is 0.161. The molecular weight excluding hydrogens is 394 g/mol. The molecule has 0 saturated heterocycles. The van der Waals surface area contributed by atoms with Gasteiger partial charge in [-0.1, -0.05) is 12.1 Å². The summed E-state index contributed by atoms with van der Waals surface area (Å²) in [5, 5.41) is 0. The van der Waals surface area contributed by atoms with Gasteiger partial charge in [0.25, 0.3) is 0 Å². The highest BCUT2D eigenvalue weighted by Gasteiger charge is 2.31. The first-order valence-electron chi connectivity index (χ1n) is 5.98. The Morgan fingerprint density at radius 1 is 1.10 bits per heavy atom. The number of fused-ring (bicyclic) bond motifs is 1. The van der Waals surface area contributed by atoms with Crippen LogP contribution in [0.5, 0.6) is 0 Å². The Labute approximate surface area is 131 Å². The fraction of sp³-hybridized carbons (Fsp3) is 0.0714. The van der Waals surface area contributed by atoms with Gasteiger partial charge in [-0.05, 0) is 52.9 Å². The number of nitrogens with two attached hydrogens (primary N) is 1. The number of rotatable bonds is 1. The van der Waals surface area contributed by atoms with E-state index in [1.807, 2.05) is 24.3 Å². The Kier molecular flexibility index (Phi) is 3.31. The van der Waals surface area contributed by atoms with Crippen LogP contribution >= 0.6 is 22.6 Å². The summed E-state index contributed by atoms with van der Waals surface area (Å²) in [7, 11) is 0. The Hall–Kier alpha value is -1.77. The van der Waals surface area contributed by atoms with E-state index in [9.17, 15) is 13.2 Å². The molecule has 3 rings (SSSR count). The highest BCUT2D eigenvalue weighted by molar-refractivity contribution is 14.1. The Morgan fingerprint density at radius 3 is 2.48 bits per heavy atom. The number of benzene rings is 2. The van der Waals surface area contributed by atoms with Crippen molar-refractivity contribution in [2.75, 3.05) is 5.73 Å². The lowest BCUT2D eigenvalue weighted by Gasteiger charge is -2.09. The minimum Gasteiger partial charge on any atom is -0.369 e. The van der Waals surface area contributed by atoms with Crippen molar-refractivity contribution in [1.29, 1.82) is 0 Å².